The molecule has 0 bridgehead atoms. The van der Waals surface area contributed by atoms with Crippen molar-refractivity contribution in [1.82, 2.24) is 10.6 Å². The van der Waals surface area contributed by atoms with Crippen LogP contribution in [-0.4, -0.2) is 23.9 Å². The molecule has 1 aromatic heterocycles. The van der Waals surface area contributed by atoms with Gasteiger partial charge in [0.05, 0.1) is 16.5 Å². The summed E-state index contributed by atoms with van der Waals surface area (Å²) < 4.78 is 5.71. The number of amides is 1. The Balaban J connectivity index is 1.88. The molecule has 0 aliphatic carbocycles. The van der Waals surface area contributed by atoms with Crippen molar-refractivity contribution in [2.75, 3.05) is 13.1 Å². The summed E-state index contributed by atoms with van der Waals surface area (Å²) in [7, 11) is 0. The van der Waals surface area contributed by atoms with Crippen LogP contribution in [0, 0.1) is 16.0 Å². The quantitative estimate of drug-likeness (QED) is 0.424. The fourth-order valence-corrected chi connectivity index (χ4v) is 2.39. The SMILES string of the molecule is CC(C)C(=O)NCCNCc1ccc(-c2ccc([N+](=O)[O-])cc2Cl)o1. The van der Waals surface area contributed by atoms with Crippen molar-refractivity contribution in [3.05, 3.63) is 51.2 Å². The number of non-ortho nitro benzene ring substituents is 1. The monoisotopic (exact) mass is 365 g/mol. The average molecular weight is 366 g/mol. The first-order valence-corrected chi connectivity index (χ1v) is 8.27. The minimum atomic E-state index is -0.495. The Bertz CT molecular complexity index is 758. The third-order valence-corrected chi connectivity index (χ3v) is 3.83. The van der Waals surface area contributed by atoms with Crippen molar-refractivity contribution in [1.29, 1.82) is 0 Å². The Morgan fingerprint density at radius 3 is 2.68 bits per heavy atom. The maximum atomic E-state index is 11.4. The lowest BCUT2D eigenvalue weighted by Gasteiger charge is -2.07. The first-order valence-electron chi connectivity index (χ1n) is 7.90. The van der Waals surface area contributed by atoms with Crippen molar-refractivity contribution in [3.8, 4) is 11.3 Å². The van der Waals surface area contributed by atoms with Crippen molar-refractivity contribution >= 4 is 23.2 Å². The maximum absolute atomic E-state index is 11.4. The van der Waals surface area contributed by atoms with E-state index in [2.05, 4.69) is 10.6 Å². The molecule has 0 saturated carbocycles. The topological polar surface area (TPSA) is 97.4 Å². The molecule has 134 valence electrons. The van der Waals surface area contributed by atoms with Gasteiger partial charge in [-0.2, -0.15) is 0 Å². The molecule has 1 heterocycles. The van der Waals surface area contributed by atoms with Crippen LogP contribution >= 0.6 is 11.6 Å². The largest absolute Gasteiger partial charge is 0.460 e. The van der Waals surface area contributed by atoms with Gasteiger partial charge in [-0.15, -0.1) is 0 Å². The Morgan fingerprint density at radius 2 is 2.04 bits per heavy atom. The van der Waals surface area contributed by atoms with Crippen LogP contribution < -0.4 is 10.6 Å². The van der Waals surface area contributed by atoms with E-state index in [1.54, 1.807) is 12.1 Å². The summed E-state index contributed by atoms with van der Waals surface area (Å²) in [4.78, 5) is 21.7. The van der Waals surface area contributed by atoms with Gasteiger partial charge in [0.2, 0.25) is 5.91 Å². The number of carbonyl (C=O) groups is 1. The van der Waals surface area contributed by atoms with Gasteiger partial charge in [-0.1, -0.05) is 25.4 Å². The van der Waals surface area contributed by atoms with E-state index in [1.807, 2.05) is 19.9 Å². The predicted molar refractivity (Wildman–Crippen MR) is 95.4 cm³/mol. The number of hydrogen-bond acceptors (Lipinski definition) is 5. The highest BCUT2D eigenvalue weighted by Crippen LogP contribution is 2.32. The summed E-state index contributed by atoms with van der Waals surface area (Å²) in [6.07, 6.45) is 0. The number of nitro groups is 1. The lowest BCUT2D eigenvalue weighted by Crippen LogP contribution is -2.34. The van der Waals surface area contributed by atoms with Gasteiger partial charge in [0, 0.05) is 36.7 Å². The van der Waals surface area contributed by atoms with Crippen molar-refractivity contribution in [2.24, 2.45) is 5.92 Å². The van der Waals surface area contributed by atoms with E-state index in [9.17, 15) is 14.9 Å². The van der Waals surface area contributed by atoms with E-state index in [0.29, 0.717) is 36.7 Å². The van der Waals surface area contributed by atoms with Crippen LogP contribution in [0.1, 0.15) is 19.6 Å². The smallest absolute Gasteiger partial charge is 0.270 e. The molecule has 0 atom stereocenters. The van der Waals surface area contributed by atoms with Gasteiger partial charge in [0.1, 0.15) is 11.5 Å². The van der Waals surface area contributed by atoms with Gasteiger partial charge in [0.25, 0.3) is 5.69 Å². The third-order valence-electron chi connectivity index (χ3n) is 3.52. The van der Waals surface area contributed by atoms with Gasteiger partial charge in [0.15, 0.2) is 0 Å². The van der Waals surface area contributed by atoms with Gasteiger partial charge in [-0.25, -0.2) is 0 Å². The fraction of sp³-hybridized carbons (Fsp3) is 0.353. The first-order chi connectivity index (χ1) is 11.9. The maximum Gasteiger partial charge on any atom is 0.270 e. The molecule has 25 heavy (non-hydrogen) atoms. The number of nitrogens with one attached hydrogen (secondary N) is 2. The molecule has 7 nitrogen and oxygen atoms in total. The molecule has 1 amide bonds. The summed E-state index contributed by atoms with van der Waals surface area (Å²) in [5, 5.41) is 17.0. The molecule has 8 heteroatoms. The fourth-order valence-electron chi connectivity index (χ4n) is 2.12. The predicted octanol–water partition coefficient (Wildman–Crippen LogP) is 3.37. The number of rotatable bonds is 8. The zero-order valence-electron chi connectivity index (χ0n) is 14.0. The standard InChI is InChI=1S/C17H20ClN3O4/c1-11(2)17(22)20-8-7-19-10-13-4-6-16(25-13)14-5-3-12(21(23)24)9-15(14)18/h3-6,9,11,19H,7-8,10H2,1-2H3,(H,20,22). The highest BCUT2D eigenvalue weighted by molar-refractivity contribution is 6.33. The minimum absolute atomic E-state index is 0.0231. The lowest BCUT2D eigenvalue weighted by molar-refractivity contribution is -0.384. The van der Waals surface area contributed by atoms with Gasteiger partial charge in [-0.3, -0.25) is 14.9 Å². The molecule has 1 aromatic carbocycles. The number of furan rings is 1. The molecule has 0 unspecified atom stereocenters. The number of hydrogen-bond donors (Lipinski definition) is 2. The van der Waals surface area contributed by atoms with Gasteiger partial charge >= 0.3 is 0 Å². The Kier molecular flexibility index (Phi) is 6.55. The van der Waals surface area contributed by atoms with Crippen LogP contribution in [0.4, 0.5) is 5.69 Å². The zero-order valence-corrected chi connectivity index (χ0v) is 14.8. The van der Waals surface area contributed by atoms with Crippen molar-refractivity contribution in [2.45, 2.75) is 20.4 Å². The highest BCUT2D eigenvalue weighted by atomic mass is 35.5. The second-order valence-corrected chi connectivity index (χ2v) is 6.22. The molecular weight excluding hydrogens is 346 g/mol. The number of carbonyl (C=O) groups excluding carboxylic acids is 1. The summed E-state index contributed by atoms with van der Waals surface area (Å²) >= 11 is 6.10. The second kappa shape index (κ2) is 8.64. The van der Waals surface area contributed by atoms with Crippen molar-refractivity contribution < 1.29 is 14.1 Å². The summed E-state index contributed by atoms with van der Waals surface area (Å²) in [5.74, 6) is 1.25. The van der Waals surface area contributed by atoms with E-state index < -0.39 is 4.92 Å². The molecule has 0 fully saturated rings. The highest BCUT2D eigenvalue weighted by Gasteiger charge is 2.13. The molecule has 2 rings (SSSR count). The second-order valence-electron chi connectivity index (χ2n) is 5.81. The first kappa shape index (κ1) is 19.0. The Labute approximate surface area is 150 Å². The molecule has 0 spiro atoms. The Hall–Kier alpha value is -2.38. The van der Waals surface area contributed by atoms with E-state index >= 15 is 0 Å². The number of benzene rings is 1. The van der Waals surface area contributed by atoms with E-state index in [1.165, 1.54) is 12.1 Å². The molecule has 0 aliphatic rings. The summed E-state index contributed by atoms with van der Waals surface area (Å²) in [6, 6.07) is 7.84. The zero-order chi connectivity index (χ0) is 18.4. The normalized spacial score (nSPS) is 10.9. The third kappa shape index (κ3) is 5.30. The van der Waals surface area contributed by atoms with Crippen LogP contribution in [0.3, 0.4) is 0 Å². The van der Waals surface area contributed by atoms with Crippen LogP contribution in [0.25, 0.3) is 11.3 Å². The minimum Gasteiger partial charge on any atom is -0.460 e. The molecule has 0 aliphatic heterocycles. The van der Waals surface area contributed by atoms with Gasteiger partial charge < -0.3 is 15.1 Å². The molecular formula is C17H20ClN3O4. The molecule has 2 aromatic rings. The molecule has 0 radical (unpaired) electrons. The van der Waals surface area contributed by atoms with Gasteiger partial charge in [-0.05, 0) is 18.2 Å². The average Bonchev–Trinajstić information content (AvgIpc) is 3.02. The number of nitrogens with zero attached hydrogens (tertiary/aromatic N) is 1. The summed E-state index contributed by atoms with van der Waals surface area (Å²) in [5.41, 5.74) is 0.536. The summed E-state index contributed by atoms with van der Waals surface area (Å²) in [6.45, 7) is 5.35. The van der Waals surface area contributed by atoms with E-state index in [4.69, 9.17) is 16.0 Å². The van der Waals surface area contributed by atoms with Crippen LogP contribution in [0.15, 0.2) is 34.7 Å². The number of nitro benzene ring substituents is 1. The molecule has 2 N–H and O–H groups in total. The van der Waals surface area contributed by atoms with Crippen molar-refractivity contribution in [3.63, 3.8) is 0 Å². The Morgan fingerprint density at radius 1 is 1.28 bits per heavy atom. The molecule has 0 saturated heterocycles. The number of halogens is 1. The van der Waals surface area contributed by atoms with E-state index in [0.717, 1.165) is 0 Å². The van der Waals surface area contributed by atoms with Crippen LogP contribution in [-0.2, 0) is 11.3 Å². The van der Waals surface area contributed by atoms with Crippen LogP contribution in [0.2, 0.25) is 5.02 Å². The van der Waals surface area contributed by atoms with E-state index in [-0.39, 0.29) is 22.5 Å². The lowest BCUT2D eigenvalue weighted by atomic mass is 10.1. The van der Waals surface area contributed by atoms with Crippen LogP contribution in [0.5, 0.6) is 0 Å².